The van der Waals surface area contributed by atoms with Crippen LogP contribution in [0.3, 0.4) is 0 Å². The molecule has 0 atom stereocenters. The predicted molar refractivity (Wildman–Crippen MR) is 147 cm³/mol. The Bertz CT molecular complexity index is 1330. The average Bonchev–Trinajstić information content (AvgIpc) is 3.36. The first-order valence-electron chi connectivity index (χ1n) is 11.9. The van der Waals surface area contributed by atoms with Crippen molar-refractivity contribution in [2.45, 2.75) is 25.4 Å². The monoisotopic (exact) mass is 515 g/mol. The van der Waals surface area contributed by atoms with E-state index in [9.17, 15) is 4.79 Å². The van der Waals surface area contributed by atoms with Crippen molar-refractivity contribution in [2.24, 2.45) is 5.10 Å². The van der Waals surface area contributed by atoms with Crippen LogP contribution >= 0.6 is 11.8 Å². The van der Waals surface area contributed by atoms with Crippen LogP contribution in [0.2, 0.25) is 0 Å². The van der Waals surface area contributed by atoms with E-state index in [-0.39, 0.29) is 11.7 Å². The van der Waals surface area contributed by atoms with Crippen molar-refractivity contribution in [1.82, 2.24) is 20.2 Å². The van der Waals surface area contributed by atoms with Crippen LogP contribution in [-0.4, -0.2) is 46.4 Å². The van der Waals surface area contributed by atoms with Gasteiger partial charge >= 0.3 is 0 Å². The quantitative estimate of drug-likeness (QED) is 0.166. The summed E-state index contributed by atoms with van der Waals surface area (Å²) in [6.45, 7) is 4.78. The molecule has 4 rings (SSSR count). The van der Waals surface area contributed by atoms with Crippen molar-refractivity contribution in [2.75, 3.05) is 19.5 Å². The van der Waals surface area contributed by atoms with E-state index in [2.05, 4.69) is 27.6 Å². The molecular formula is C28H29N5O3S. The molecule has 37 heavy (non-hydrogen) atoms. The molecule has 3 aromatic carbocycles. The zero-order valence-electron chi connectivity index (χ0n) is 21.0. The van der Waals surface area contributed by atoms with E-state index in [4.69, 9.17) is 9.47 Å². The van der Waals surface area contributed by atoms with E-state index < -0.39 is 0 Å². The Kier molecular flexibility index (Phi) is 8.93. The van der Waals surface area contributed by atoms with E-state index in [1.165, 1.54) is 11.8 Å². The molecule has 1 N–H and O–H groups in total. The summed E-state index contributed by atoms with van der Waals surface area (Å²) in [6, 6.07) is 23.3. The first-order valence-corrected chi connectivity index (χ1v) is 12.9. The van der Waals surface area contributed by atoms with E-state index in [0.717, 1.165) is 40.3 Å². The fraction of sp³-hybridized carbons (Fsp3) is 0.214. The topological polar surface area (TPSA) is 90.6 Å². The molecule has 0 saturated carbocycles. The molecule has 1 aromatic heterocycles. The fourth-order valence-corrected chi connectivity index (χ4v) is 4.17. The molecule has 1 amide bonds. The van der Waals surface area contributed by atoms with Crippen LogP contribution in [0.4, 0.5) is 0 Å². The molecule has 1 heterocycles. The van der Waals surface area contributed by atoms with Gasteiger partial charge in [-0.3, -0.25) is 9.36 Å². The maximum absolute atomic E-state index is 12.5. The van der Waals surface area contributed by atoms with Crippen LogP contribution in [0.5, 0.6) is 11.5 Å². The van der Waals surface area contributed by atoms with Gasteiger partial charge in [0.2, 0.25) is 0 Å². The van der Waals surface area contributed by atoms with Crippen LogP contribution in [0, 0.1) is 6.92 Å². The largest absolute Gasteiger partial charge is 0.497 e. The van der Waals surface area contributed by atoms with Crippen LogP contribution in [0.1, 0.15) is 24.5 Å². The maximum atomic E-state index is 12.5. The lowest BCUT2D eigenvalue weighted by molar-refractivity contribution is -0.118. The van der Waals surface area contributed by atoms with Gasteiger partial charge in [-0.2, -0.15) is 5.10 Å². The summed E-state index contributed by atoms with van der Waals surface area (Å²) < 4.78 is 12.8. The number of carbonyl (C=O) groups is 1. The highest BCUT2D eigenvalue weighted by molar-refractivity contribution is 7.99. The van der Waals surface area contributed by atoms with Gasteiger partial charge in [0.15, 0.2) is 11.0 Å². The van der Waals surface area contributed by atoms with Gasteiger partial charge in [-0.1, -0.05) is 36.4 Å². The number of carbonyl (C=O) groups excluding carboxylic acids is 1. The summed E-state index contributed by atoms with van der Waals surface area (Å²) in [4.78, 5) is 12.5. The number of aromatic nitrogens is 3. The normalized spacial score (nSPS) is 11.0. The van der Waals surface area contributed by atoms with E-state index in [1.807, 2.05) is 84.3 Å². The number of amides is 1. The number of hydrogen-bond donors (Lipinski definition) is 1. The van der Waals surface area contributed by atoms with Gasteiger partial charge in [-0.15, -0.1) is 10.2 Å². The number of ether oxygens (including phenoxy) is 2. The smallest absolute Gasteiger partial charge is 0.250 e. The highest BCUT2D eigenvalue weighted by Crippen LogP contribution is 2.29. The van der Waals surface area contributed by atoms with E-state index >= 15 is 0 Å². The van der Waals surface area contributed by atoms with Crippen LogP contribution in [-0.2, 0) is 4.79 Å². The minimum Gasteiger partial charge on any atom is -0.497 e. The number of thioether (sulfide) groups is 1. The summed E-state index contributed by atoms with van der Waals surface area (Å²) in [5, 5.41) is 13.5. The fourth-order valence-electron chi connectivity index (χ4n) is 3.43. The second kappa shape index (κ2) is 12.7. The van der Waals surface area contributed by atoms with Crippen LogP contribution < -0.4 is 14.9 Å². The van der Waals surface area contributed by atoms with Crippen molar-refractivity contribution in [1.29, 1.82) is 0 Å². The lowest BCUT2D eigenvalue weighted by Crippen LogP contribution is -2.20. The maximum Gasteiger partial charge on any atom is 0.250 e. The second-order valence-corrected chi connectivity index (χ2v) is 9.15. The number of hydrogen-bond acceptors (Lipinski definition) is 7. The first kappa shape index (κ1) is 26.0. The van der Waals surface area contributed by atoms with E-state index in [1.54, 1.807) is 13.3 Å². The molecular weight excluding hydrogens is 486 g/mol. The van der Waals surface area contributed by atoms with Crippen LogP contribution in [0.25, 0.3) is 17.1 Å². The molecule has 4 aromatic rings. The Morgan fingerprint density at radius 1 is 1.00 bits per heavy atom. The van der Waals surface area contributed by atoms with Gasteiger partial charge in [0.05, 0.1) is 25.7 Å². The first-order chi connectivity index (χ1) is 18.1. The predicted octanol–water partition coefficient (Wildman–Crippen LogP) is 5.28. The number of hydrazone groups is 1. The molecule has 0 fully saturated rings. The van der Waals surface area contributed by atoms with Gasteiger partial charge < -0.3 is 9.47 Å². The van der Waals surface area contributed by atoms with Gasteiger partial charge in [0.25, 0.3) is 5.91 Å². The minimum absolute atomic E-state index is 0.133. The van der Waals surface area contributed by atoms with Crippen LogP contribution in [0.15, 0.2) is 83.1 Å². The summed E-state index contributed by atoms with van der Waals surface area (Å²) in [7, 11) is 1.63. The van der Waals surface area contributed by atoms with Crippen molar-refractivity contribution in [3.63, 3.8) is 0 Å². The average molecular weight is 516 g/mol. The lowest BCUT2D eigenvalue weighted by Gasteiger charge is -2.11. The lowest BCUT2D eigenvalue weighted by atomic mass is 10.2. The Labute approximate surface area is 220 Å². The Morgan fingerprint density at radius 3 is 2.38 bits per heavy atom. The highest BCUT2D eigenvalue weighted by Gasteiger charge is 2.17. The Balaban J connectivity index is 1.44. The molecule has 0 aliphatic carbocycles. The zero-order valence-corrected chi connectivity index (χ0v) is 21.9. The molecule has 0 unspecified atom stereocenters. The minimum atomic E-state index is -0.242. The number of aryl methyl sites for hydroxylation is 1. The summed E-state index contributed by atoms with van der Waals surface area (Å²) >= 11 is 1.30. The third-order valence-electron chi connectivity index (χ3n) is 5.36. The Hall–Kier alpha value is -4.11. The van der Waals surface area contributed by atoms with Crippen molar-refractivity contribution in [3.8, 4) is 28.6 Å². The van der Waals surface area contributed by atoms with Gasteiger partial charge in [-0.25, -0.2) is 5.43 Å². The number of rotatable bonds is 11. The molecule has 0 radical (unpaired) electrons. The third-order valence-corrected chi connectivity index (χ3v) is 6.29. The second-order valence-electron chi connectivity index (χ2n) is 8.20. The van der Waals surface area contributed by atoms with Crippen molar-refractivity contribution in [3.05, 3.63) is 83.9 Å². The molecule has 190 valence electrons. The highest BCUT2D eigenvalue weighted by atomic mass is 32.2. The van der Waals surface area contributed by atoms with Crippen molar-refractivity contribution < 1.29 is 14.3 Å². The molecule has 0 spiro atoms. The van der Waals surface area contributed by atoms with Crippen molar-refractivity contribution >= 4 is 23.9 Å². The number of methoxy groups -OCH3 is 1. The molecule has 9 heteroatoms. The molecule has 0 bridgehead atoms. The molecule has 0 saturated heterocycles. The number of nitrogens with one attached hydrogen (secondary N) is 1. The van der Waals surface area contributed by atoms with Gasteiger partial charge in [0, 0.05) is 11.3 Å². The molecule has 8 nitrogen and oxygen atoms in total. The van der Waals surface area contributed by atoms with Gasteiger partial charge in [-0.05, 0) is 79.6 Å². The summed E-state index contributed by atoms with van der Waals surface area (Å²) in [5.41, 5.74) is 6.39. The van der Waals surface area contributed by atoms with Gasteiger partial charge in [0.1, 0.15) is 11.5 Å². The third kappa shape index (κ3) is 6.98. The standard InChI is InChI=1S/C28H29N5O3S/c1-4-17-36-25-13-7-21(8-14-25)18-29-30-26(34)19-37-28-32-31-27(22-9-15-24(35-3)16-10-22)33(28)23-11-5-20(2)6-12-23/h5-16,18H,4,17,19H2,1-3H3,(H,30,34)/b29-18-. The van der Waals surface area contributed by atoms with E-state index in [0.29, 0.717) is 17.6 Å². The summed E-state index contributed by atoms with van der Waals surface area (Å²) in [6.07, 6.45) is 2.56. The number of nitrogens with zero attached hydrogens (tertiary/aromatic N) is 4. The SMILES string of the molecule is CCCOc1ccc(/C=N\NC(=O)CSc2nnc(-c3ccc(OC)cc3)n2-c2ccc(C)cc2)cc1. The molecule has 0 aliphatic rings. The summed E-state index contributed by atoms with van der Waals surface area (Å²) in [5.74, 6) is 2.14. The zero-order chi connectivity index (χ0) is 26.0. The Morgan fingerprint density at radius 2 is 1.70 bits per heavy atom. The molecule has 0 aliphatic heterocycles. The number of benzene rings is 3.